The number of carbonyl (C=O) groups excluding carboxylic acids is 1. The zero-order valence-corrected chi connectivity index (χ0v) is 15.4. The Bertz CT molecular complexity index is 920. The molecule has 12 nitrogen and oxygen atoms in total. The van der Waals surface area contributed by atoms with E-state index in [-0.39, 0.29) is 35.3 Å². The lowest BCUT2D eigenvalue weighted by atomic mass is 9.90. The van der Waals surface area contributed by atoms with E-state index >= 15 is 0 Å². The average Bonchev–Trinajstić information content (AvgIpc) is 3.12. The quantitative estimate of drug-likeness (QED) is 0.609. The van der Waals surface area contributed by atoms with Gasteiger partial charge >= 0.3 is 11.4 Å². The Balaban J connectivity index is 0.000000161. The van der Waals surface area contributed by atoms with E-state index in [1.165, 1.54) is 17.1 Å². The summed E-state index contributed by atoms with van der Waals surface area (Å²) < 4.78 is 3.11. The maximum absolute atomic E-state index is 10.7. The summed E-state index contributed by atoms with van der Waals surface area (Å²) in [4.78, 5) is 30.9. The van der Waals surface area contributed by atoms with Crippen LogP contribution in [0, 0.1) is 34.1 Å². The van der Waals surface area contributed by atoms with E-state index in [9.17, 15) is 25.0 Å². The van der Waals surface area contributed by atoms with Crippen molar-refractivity contribution in [2.24, 2.45) is 0 Å². The molecule has 0 saturated heterocycles. The molecular formula is C16H20N6O6. The molecule has 0 unspecified atom stereocenters. The molecule has 2 heterocycles. The van der Waals surface area contributed by atoms with Crippen LogP contribution in [0.15, 0.2) is 12.4 Å². The van der Waals surface area contributed by atoms with E-state index < -0.39 is 9.85 Å². The maximum Gasteiger partial charge on any atom is 0.309 e. The predicted octanol–water partition coefficient (Wildman–Crippen LogP) is 1.80. The van der Waals surface area contributed by atoms with E-state index in [2.05, 4.69) is 10.2 Å². The first-order valence-corrected chi connectivity index (χ1v) is 8.75. The van der Waals surface area contributed by atoms with Gasteiger partial charge in [0, 0.05) is 12.8 Å². The molecule has 2 aromatic rings. The molecule has 12 heteroatoms. The lowest BCUT2D eigenvalue weighted by Gasteiger charge is -2.31. The third kappa shape index (κ3) is 3.91. The van der Waals surface area contributed by atoms with Crippen molar-refractivity contribution in [2.45, 2.75) is 57.7 Å². The number of nitro groups is 2. The summed E-state index contributed by atoms with van der Waals surface area (Å²) in [5.74, 6) is 0.186. The highest BCUT2D eigenvalue weighted by molar-refractivity contribution is 5.85. The van der Waals surface area contributed by atoms with Gasteiger partial charge in [-0.05, 0) is 26.7 Å². The summed E-state index contributed by atoms with van der Waals surface area (Å²) in [5.41, 5.74) is 0.890. The smallest absolute Gasteiger partial charge is 0.309 e. The minimum atomic E-state index is -0.459. The second-order valence-electron chi connectivity index (χ2n) is 7.05. The first kappa shape index (κ1) is 19.6. The summed E-state index contributed by atoms with van der Waals surface area (Å²) in [6.07, 6.45) is 4.72. The first-order chi connectivity index (χ1) is 13.2. The molecule has 0 amide bonds. The lowest BCUT2D eigenvalue weighted by Crippen LogP contribution is -2.31. The number of aliphatic hydroxyl groups is 1. The van der Waals surface area contributed by atoms with Crippen LogP contribution in [0.3, 0.4) is 0 Å². The molecule has 0 atom stereocenters. The highest BCUT2D eigenvalue weighted by Gasteiger charge is 2.31. The second kappa shape index (κ2) is 7.46. The van der Waals surface area contributed by atoms with Crippen molar-refractivity contribution in [2.75, 3.05) is 0 Å². The molecule has 28 heavy (non-hydrogen) atoms. The number of ketones is 1. The zero-order chi connectivity index (χ0) is 20.6. The predicted molar refractivity (Wildman–Crippen MR) is 94.8 cm³/mol. The largest absolute Gasteiger partial charge is 0.393 e. The van der Waals surface area contributed by atoms with Gasteiger partial charge < -0.3 is 5.11 Å². The van der Waals surface area contributed by atoms with Gasteiger partial charge in [0.1, 0.15) is 29.6 Å². The summed E-state index contributed by atoms with van der Waals surface area (Å²) in [6.45, 7) is 3.21. The standard InChI is InChI=1S/C8H11N3O3.C8H9N3O3/c2*1-5-8(11(13)14)4-10(9-5)6-2-7(12)3-6/h4,6-7,12H,2-3H2,1H3;4,6H,2-3H2,1H3. The number of aryl methyl sites for hydroxylation is 2. The Morgan fingerprint density at radius 3 is 1.71 bits per heavy atom. The van der Waals surface area contributed by atoms with E-state index in [1.807, 2.05) is 0 Å². The topological polar surface area (TPSA) is 159 Å². The van der Waals surface area contributed by atoms with Gasteiger partial charge in [-0.25, -0.2) is 0 Å². The molecule has 0 radical (unpaired) electrons. The number of carbonyl (C=O) groups is 1. The van der Waals surface area contributed by atoms with Gasteiger partial charge in [-0.2, -0.15) is 10.2 Å². The van der Waals surface area contributed by atoms with Gasteiger partial charge in [-0.15, -0.1) is 0 Å². The molecular weight excluding hydrogens is 372 g/mol. The SMILES string of the molecule is Cc1nn(C2CC(=O)C2)cc1[N+](=O)[O-].Cc1nn(C2CC(O)C2)cc1[N+](=O)[O-]. The Morgan fingerprint density at radius 2 is 1.39 bits per heavy atom. The molecule has 0 aromatic carbocycles. The number of nitrogens with zero attached hydrogens (tertiary/aromatic N) is 6. The summed E-state index contributed by atoms with van der Waals surface area (Å²) in [6, 6.07) is 0.146. The fraction of sp³-hybridized carbons (Fsp3) is 0.562. The Labute approximate surface area is 159 Å². The van der Waals surface area contributed by atoms with E-state index in [4.69, 9.17) is 5.11 Å². The number of hydrogen-bond acceptors (Lipinski definition) is 8. The molecule has 2 aromatic heterocycles. The van der Waals surface area contributed by atoms with Crippen molar-refractivity contribution < 1.29 is 19.7 Å². The van der Waals surface area contributed by atoms with Gasteiger partial charge in [-0.1, -0.05) is 0 Å². The van der Waals surface area contributed by atoms with Gasteiger partial charge in [-0.3, -0.25) is 34.4 Å². The number of aromatic nitrogens is 4. The monoisotopic (exact) mass is 392 g/mol. The summed E-state index contributed by atoms with van der Waals surface area (Å²) >= 11 is 0. The molecule has 2 saturated carbocycles. The molecule has 2 fully saturated rings. The van der Waals surface area contributed by atoms with Gasteiger partial charge in [0.2, 0.25) is 0 Å². The number of rotatable bonds is 4. The highest BCUT2D eigenvalue weighted by atomic mass is 16.6. The van der Waals surface area contributed by atoms with Crippen molar-refractivity contribution in [3.05, 3.63) is 44.0 Å². The van der Waals surface area contributed by atoms with E-state index in [1.54, 1.807) is 18.5 Å². The zero-order valence-electron chi connectivity index (χ0n) is 15.4. The normalized spacial score (nSPS) is 21.3. The molecule has 0 aliphatic heterocycles. The van der Waals surface area contributed by atoms with Crippen LogP contribution in [0.25, 0.3) is 0 Å². The number of Topliss-reactive ketones (excluding diaryl/α,β-unsaturated/α-hetero) is 1. The van der Waals surface area contributed by atoms with Crippen LogP contribution in [-0.2, 0) is 4.79 Å². The van der Waals surface area contributed by atoms with Gasteiger partial charge in [0.05, 0.1) is 28.0 Å². The summed E-state index contributed by atoms with van der Waals surface area (Å²) in [5, 5.41) is 38.2. The second-order valence-corrected chi connectivity index (χ2v) is 7.05. The van der Waals surface area contributed by atoms with Crippen molar-refractivity contribution in [3.8, 4) is 0 Å². The fourth-order valence-electron chi connectivity index (χ4n) is 3.10. The Hall–Kier alpha value is -3.15. The molecule has 150 valence electrons. The minimum Gasteiger partial charge on any atom is -0.393 e. The lowest BCUT2D eigenvalue weighted by molar-refractivity contribution is -0.385. The minimum absolute atomic E-state index is 0.0179. The third-order valence-electron chi connectivity index (χ3n) is 4.94. The molecule has 4 rings (SSSR count). The van der Waals surface area contributed by atoms with Crippen molar-refractivity contribution in [1.29, 1.82) is 0 Å². The fourth-order valence-corrected chi connectivity index (χ4v) is 3.10. The average molecular weight is 392 g/mol. The van der Waals surface area contributed by atoms with Crippen LogP contribution < -0.4 is 0 Å². The van der Waals surface area contributed by atoms with Crippen molar-refractivity contribution in [3.63, 3.8) is 0 Å². The van der Waals surface area contributed by atoms with E-state index in [0.29, 0.717) is 37.1 Å². The number of hydrogen-bond donors (Lipinski definition) is 1. The maximum atomic E-state index is 10.7. The number of aliphatic hydroxyl groups excluding tert-OH is 1. The molecule has 0 bridgehead atoms. The van der Waals surface area contributed by atoms with Crippen LogP contribution in [0.1, 0.15) is 49.2 Å². The molecule has 1 N–H and O–H groups in total. The van der Waals surface area contributed by atoms with Crippen LogP contribution >= 0.6 is 0 Å². The van der Waals surface area contributed by atoms with Crippen LogP contribution in [0.5, 0.6) is 0 Å². The Kier molecular flexibility index (Phi) is 5.23. The molecule has 2 aliphatic rings. The van der Waals surface area contributed by atoms with Gasteiger partial charge in [0.15, 0.2) is 0 Å². The molecule has 2 aliphatic carbocycles. The Morgan fingerprint density at radius 1 is 0.964 bits per heavy atom. The van der Waals surface area contributed by atoms with Crippen molar-refractivity contribution in [1.82, 2.24) is 19.6 Å². The highest BCUT2D eigenvalue weighted by Crippen LogP contribution is 2.33. The first-order valence-electron chi connectivity index (χ1n) is 8.75. The van der Waals surface area contributed by atoms with Crippen LogP contribution in [-0.4, -0.2) is 46.4 Å². The van der Waals surface area contributed by atoms with Crippen LogP contribution in [0.2, 0.25) is 0 Å². The summed E-state index contributed by atoms with van der Waals surface area (Å²) in [7, 11) is 0. The van der Waals surface area contributed by atoms with Gasteiger partial charge in [0.25, 0.3) is 0 Å². The van der Waals surface area contributed by atoms with Crippen molar-refractivity contribution >= 4 is 17.2 Å². The van der Waals surface area contributed by atoms with Crippen LogP contribution in [0.4, 0.5) is 11.4 Å². The molecule has 0 spiro atoms. The third-order valence-corrected chi connectivity index (χ3v) is 4.94. The van der Waals surface area contributed by atoms with E-state index in [0.717, 1.165) is 0 Å².